The van der Waals surface area contributed by atoms with E-state index in [4.69, 9.17) is 9.47 Å². The molecule has 0 saturated heterocycles. The van der Waals surface area contributed by atoms with Crippen LogP contribution in [0, 0.1) is 0 Å². The van der Waals surface area contributed by atoms with Crippen molar-refractivity contribution in [2.24, 2.45) is 0 Å². The lowest BCUT2D eigenvalue weighted by Gasteiger charge is -2.30. The molecule has 0 N–H and O–H groups in total. The second-order valence-corrected chi connectivity index (χ2v) is 5.25. The number of hydrogen-bond donors (Lipinski definition) is 0. The molecule has 0 unspecified atom stereocenters. The molecule has 0 radical (unpaired) electrons. The van der Waals surface area contributed by atoms with Gasteiger partial charge in [0.1, 0.15) is 11.5 Å². The third kappa shape index (κ3) is 2.96. The predicted octanol–water partition coefficient (Wildman–Crippen LogP) is 3.52. The molecule has 0 bridgehead atoms. The van der Waals surface area contributed by atoms with Gasteiger partial charge in [-0.3, -0.25) is 0 Å². The van der Waals surface area contributed by atoms with Gasteiger partial charge in [-0.1, -0.05) is 24.8 Å². The summed E-state index contributed by atoms with van der Waals surface area (Å²) in [6.45, 7) is 6.42. The fraction of sp³-hybridized carbons (Fsp3) is 0.167. The number of hydrogen-bond acceptors (Lipinski definition) is 4. The number of carbonyl (C=O) groups is 1. The van der Waals surface area contributed by atoms with Crippen LogP contribution in [0.25, 0.3) is 0 Å². The molecule has 0 atom stereocenters. The van der Waals surface area contributed by atoms with Crippen LogP contribution < -0.4 is 14.4 Å². The summed E-state index contributed by atoms with van der Waals surface area (Å²) in [5, 5.41) is 0. The maximum atomic E-state index is 11.6. The average molecular weight is 295 g/mol. The quantitative estimate of drug-likeness (QED) is 0.493. The molecule has 3 rings (SSSR count). The van der Waals surface area contributed by atoms with Gasteiger partial charge in [0.05, 0.1) is 0 Å². The smallest absolute Gasteiger partial charge is 0.338 e. The highest BCUT2D eigenvalue weighted by Crippen LogP contribution is 2.31. The van der Waals surface area contributed by atoms with Crippen molar-refractivity contribution < 1.29 is 14.3 Å². The van der Waals surface area contributed by atoms with Crippen molar-refractivity contribution in [3.05, 3.63) is 66.2 Å². The molecule has 112 valence electrons. The molecule has 0 saturated carbocycles. The second-order valence-electron chi connectivity index (χ2n) is 5.25. The van der Waals surface area contributed by atoms with Crippen LogP contribution in [0.4, 0.5) is 5.69 Å². The molecule has 4 heteroatoms. The Morgan fingerprint density at radius 3 is 2.73 bits per heavy atom. The van der Waals surface area contributed by atoms with Crippen molar-refractivity contribution in [2.45, 2.75) is 13.5 Å². The minimum Gasteiger partial charge on any atom is -0.473 e. The highest BCUT2D eigenvalue weighted by atomic mass is 16.5. The van der Waals surface area contributed by atoms with Crippen LogP contribution in [0.1, 0.15) is 12.5 Å². The predicted molar refractivity (Wildman–Crippen MR) is 85.0 cm³/mol. The molecule has 0 amide bonds. The largest absolute Gasteiger partial charge is 0.473 e. The first-order valence-corrected chi connectivity index (χ1v) is 7.07. The van der Waals surface area contributed by atoms with E-state index in [9.17, 15) is 4.79 Å². The number of benzene rings is 2. The topological polar surface area (TPSA) is 38.8 Å². The standard InChI is InChI=1S/C18H17NO3/c1-13(2)18(20)22-16-8-9-17-14(10-16)11-19(12-21-17)15-6-4-3-5-7-15/h3-10H,1,11-12H2,2H3. The molecular formula is C18H17NO3. The number of esters is 1. The maximum Gasteiger partial charge on any atom is 0.338 e. The summed E-state index contributed by atoms with van der Waals surface area (Å²) in [5.41, 5.74) is 2.46. The van der Waals surface area contributed by atoms with E-state index in [2.05, 4.69) is 11.5 Å². The SMILES string of the molecule is C=C(C)C(=O)Oc1ccc2c(c1)CN(c1ccccc1)CO2. The Labute approximate surface area is 129 Å². The Morgan fingerprint density at radius 2 is 2.00 bits per heavy atom. The summed E-state index contributed by atoms with van der Waals surface area (Å²) >= 11 is 0. The van der Waals surface area contributed by atoms with Gasteiger partial charge >= 0.3 is 5.97 Å². The van der Waals surface area contributed by atoms with Crippen molar-refractivity contribution >= 4 is 11.7 Å². The fourth-order valence-corrected chi connectivity index (χ4v) is 2.28. The summed E-state index contributed by atoms with van der Waals surface area (Å²) in [4.78, 5) is 13.7. The number of anilines is 1. The van der Waals surface area contributed by atoms with Crippen molar-refractivity contribution in [2.75, 3.05) is 11.6 Å². The number of carbonyl (C=O) groups excluding carboxylic acids is 1. The van der Waals surface area contributed by atoms with Crippen LogP contribution >= 0.6 is 0 Å². The van der Waals surface area contributed by atoms with Crippen LogP contribution in [-0.2, 0) is 11.3 Å². The lowest BCUT2D eigenvalue weighted by Crippen LogP contribution is -2.31. The zero-order valence-corrected chi connectivity index (χ0v) is 12.4. The van der Waals surface area contributed by atoms with Crippen molar-refractivity contribution in [3.8, 4) is 11.5 Å². The minimum absolute atomic E-state index is 0.375. The van der Waals surface area contributed by atoms with Gasteiger partial charge in [0, 0.05) is 23.4 Å². The van der Waals surface area contributed by atoms with E-state index < -0.39 is 5.97 Å². The number of nitrogens with zero attached hydrogens (tertiary/aromatic N) is 1. The van der Waals surface area contributed by atoms with E-state index >= 15 is 0 Å². The maximum absolute atomic E-state index is 11.6. The first-order chi connectivity index (χ1) is 10.6. The van der Waals surface area contributed by atoms with Crippen LogP contribution in [0.2, 0.25) is 0 Å². The molecular weight excluding hydrogens is 278 g/mol. The Bertz CT molecular complexity index is 710. The lowest BCUT2D eigenvalue weighted by atomic mass is 10.1. The first kappa shape index (κ1) is 14.2. The van der Waals surface area contributed by atoms with Gasteiger partial charge < -0.3 is 14.4 Å². The van der Waals surface area contributed by atoms with Gasteiger partial charge in [-0.25, -0.2) is 4.79 Å². The Balaban J connectivity index is 1.80. The molecule has 0 fully saturated rings. The van der Waals surface area contributed by atoms with Gasteiger partial charge in [0.25, 0.3) is 0 Å². The summed E-state index contributed by atoms with van der Waals surface area (Å²) in [6.07, 6.45) is 0. The van der Waals surface area contributed by atoms with Crippen molar-refractivity contribution in [1.82, 2.24) is 0 Å². The molecule has 4 nitrogen and oxygen atoms in total. The van der Waals surface area contributed by atoms with E-state index in [1.165, 1.54) is 0 Å². The van der Waals surface area contributed by atoms with Gasteiger partial charge in [-0.2, -0.15) is 0 Å². The van der Waals surface area contributed by atoms with Gasteiger partial charge in [-0.05, 0) is 37.3 Å². The van der Waals surface area contributed by atoms with Crippen LogP contribution in [0.15, 0.2) is 60.7 Å². The number of fused-ring (bicyclic) bond motifs is 1. The number of rotatable bonds is 3. The zero-order valence-electron chi connectivity index (χ0n) is 12.4. The second kappa shape index (κ2) is 5.93. The normalized spacial score (nSPS) is 13.0. The summed E-state index contributed by atoms with van der Waals surface area (Å²) < 4.78 is 11.0. The lowest BCUT2D eigenvalue weighted by molar-refractivity contribution is -0.130. The molecule has 0 aliphatic carbocycles. The molecule has 22 heavy (non-hydrogen) atoms. The molecule has 0 aromatic heterocycles. The van der Waals surface area contributed by atoms with Crippen molar-refractivity contribution in [1.29, 1.82) is 0 Å². The molecule has 1 aliphatic rings. The minimum atomic E-state index is -0.420. The van der Waals surface area contributed by atoms with E-state index in [1.807, 2.05) is 42.5 Å². The van der Waals surface area contributed by atoms with Gasteiger partial charge in [0.2, 0.25) is 0 Å². The zero-order chi connectivity index (χ0) is 15.5. The first-order valence-electron chi connectivity index (χ1n) is 7.07. The number of para-hydroxylation sites is 1. The third-order valence-corrected chi connectivity index (χ3v) is 3.45. The van der Waals surface area contributed by atoms with Crippen LogP contribution in [0.5, 0.6) is 11.5 Å². The third-order valence-electron chi connectivity index (χ3n) is 3.45. The van der Waals surface area contributed by atoms with Gasteiger partial charge in [-0.15, -0.1) is 0 Å². The van der Waals surface area contributed by atoms with Crippen LogP contribution in [0.3, 0.4) is 0 Å². The van der Waals surface area contributed by atoms with Crippen molar-refractivity contribution in [3.63, 3.8) is 0 Å². The monoisotopic (exact) mass is 295 g/mol. The van der Waals surface area contributed by atoms with E-state index in [0.717, 1.165) is 17.0 Å². The fourth-order valence-electron chi connectivity index (χ4n) is 2.28. The van der Waals surface area contributed by atoms with Gasteiger partial charge in [0.15, 0.2) is 6.73 Å². The Kier molecular flexibility index (Phi) is 3.83. The Morgan fingerprint density at radius 1 is 1.23 bits per heavy atom. The molecule has 0 spiro atoms. The molecule has 2 aromatic rings. The van der Waals surface area contributed by atoms with Crippen LogP contribution in [-0.4, -0.2) is 12.7 Å². The Hall–Kier alpha value is -2.75. The summed E-state index contributed by atoms with van der Waals surface area (Å²) in [7, 11) is 0. The molecule has 1 aliphatic heterocycles. The molecule has 2 aromatic carbocycles. The van der Waals surface area contributed by atoms with E-state index in [-0.39, 0.29) is 0 Å². The average Bonchev–Trinajstić information content (AvgIpc) is 2.55. The van der Waals surface area contributed by atoms with E-state index in [0.29, 0.717) is 24.6 Å². The highest BCUT2D eigenvalue weighted by Gasteiger charge is 2.18. The number of ether oxygens (including phenoxy) is 2. The van der Waals surface area contributed by atoms with E-state index in [1.54, 1.807) is 13.0 Å². The highest BCUT2D eigenvalue weighted by molar-refractivity contribution is 5.88. The summed E-state index contributed by atoms with van der Waals surface area (Å²) in [5.74, 6) is 0.907. The molecule has 1 heterocycles. The summed E-state index contributed by atoms with van der Waals surface area (Å²) in [6, 6.07) is 15.5.